The third kappa shape index (κ3) is 2.99. The molecule has 25 heavy (non-hydrogen) atoms. The lowest BCUT2D eigenvalue weighted by Crippen LogP contribution is -2.30. The van der Waals surface area contributed by atoms with Crippen molar-refractivity contribution < 1.29 is 4.79 Å². The summed E-state index contributed by atoms with van der Waals surface area (Å²) in [6, 6.07) is 14.9. The van der Waals surface area contributed by atoms with Crippen LogP contribution in [-0.2, 0) is 0 Å². The van der Waals surface area contributed by atoms with Gasteiger partial charge in [-0.3, -0.25) is 4.79 Å². The predicted molar refractivity (Wildman–Crippen MR) is 105 cm³/mol. The summed E-state index contributed by atoms with van der Waals surface area (Å²) in [5, 5.41) is 6.60. The molecule has 2 aromatic carbocycles. The normalized spacial score (nSPS) is 23.5. The van der Waals surface area contributed by atoms with Crippen LogP contribution in [0.15, 0.2) is 59.1 Å². The summed E-state index contributed by atoms with van der Waals surface area (Å²) in [6.45, 7) is 2.59. The van der Waals surface area contributed by atoms with Crippen molar-refractivity contribution in [2.24, 2.45) is 5.92 Å². The minimum absolute atomic E-state index is 0.00106. The van der Waals surface area contributed by atoms with Crippen LogP contribution in [0.25, 0.3) is 0 Å². The van der Waals surface area contributed by atoms with Crippen LogP contribution in [0.4, 0.5) is 5.69 Å². The molecule has 2 aromatic rings. The first kappa shape index (κ1) is 16.4. The molecule has 1 heterocycles. The molecule has 1 aliphatic heterocycles. The van der Waals surface area contributed by atoms with E-state index in [1.54, 1.807) is 0 Å². The van der Waals surface area contributed by atoms with Crippen molar-refractivity contribution in [2.75, 3.05) is 11.9 Å². The van der Waals surface area contributed by atoms with E-state index in [9.17, 15) is 4.79 Å². The van der Waals surface area contributed by atoms with Gasteiger partial charge >= 0.3 is 0 Å². The molecule has 1 aliphatic carbocycles. The third-order valence-electron chi connectivity index (χ3n) is 5.19. The van der Waals surface area contributed by atoms with Gasteiger partial charge < -0.3 is 10.6 Å². The first-order valence-electron chi connectivity index (χ1n) is 8.78. The van der Waals surface area contributed by atoms with Crippen LogP contribution in [-0.4, -0.2) is 12.5 Å². The molecule has 0 spiro atoms. The Kier molecular flexibility index (Phi) is 4.38. The van der Waals surface area contributed by atoms with Crippen molar-refractivity contribution in [3.05, 3.63) is 75.8 Å². The monoisotopic (exact) mass is 396 g/mol. The van der Waals surface area contributed by atoms with Gasteiger partial charge in [-0.25, -0.2) is 0 Å². The van der Waals surface area contributed by atoms with E-state index in [-0.39, 0.29) is 11.9 Å². The summed E-state index contributed by atoms with van der Waals surface area (Å²) in [5.74, 6) is 0.844. The summed E-state index contributed by atoms with van der Waals surface area (Å²) in [6.07, 6.45) is 5.64. The molecule has 0 aromatic heterocycles. The van der Waals surface area contributed by atoms with E-state index in [0.29, 0.717) is 18.4 Å². The maximum Gasteiger partial charge on any atom is 0.251 e. The van der Waals surface area contributed by atoms with E-state index in [0.717, 1.165) is 22.1 Å². The van der Waals surface area contributed by atoms with E-state index in [2.05, 4.69) is 69.0 Å². The molecule has 0 fully saturated rings. The zero-order valence-corrected chi connectivity index (χ0v) is 15.7. The van der Waals surface area contributed by atoms with Crippen LogP contribution >= 0.6 is 15.9 Å². The number of benzene rings is 2. The third-order valence-corrected chi connectivity index (χ3v) is 5.72. The molecule has 0 saturated heterocycles. The van der Waals surface area contributed by atoms with Gasteiger partial charge in [-0.15, -0.1) is 0 Å². The maximum absolute atomic E-state index is 12.2. The molecule has 2 aliphatic rings. The van der Waals surface area contributed by atoms with E-state index < -0.39 is 0 Å². The Morgan fingerprint density at radius 1 is 1.24 bits per heavy atom. The Bertz CT molecular complexity index is 828. The summed E-state index contributed by atoms with van der Waals surface area (Å²) in [7, 11) is 0. The first-order chi connectivity index (χ1) is 12.2. The van der Waals surface area contributed by atoms with Gasteiger partial charge in [0.05, 0.1) is 6.04 Å². The second kappa shape index (κ2) is 6.68. The molecule has 4 rings (SSSR count). The average molecular weight is 397 g/mol. The molecule has 3 atom stereocenters. The second-order valence-electron chi connectivity index (χ2n) is 6.69. The minimum Gasteiger partial charge on any atom is -0.378 e. The molecule has 0 unspecified atom stereocenters. The molecular weight excluding hydrogens is 376 g/mol. The standard InChI is InChI=1S/C21H21BrN2O/c1-2-23-21(25)14-8-11-19-18(12-14)16-4-3-5-17(16)20(24-19)13-6-9-15(22)10-7-13/h3-4,6-12,16-17,20,24H,2,5H2,1H3,(H,23,25)/t16-,17-,20-/m1/s1. The van der Waals surface area contributed by atoms with E-state index in [4.69, 9.17) is 0 Å². The summed E-state index contributed by atoms with van der Waals surface area (Å²) in [4.78, 5) is 12.2. The molecule has 0 bridgehead atoms. The number of anilines is 1. The Hall–Kier alpha value is -2.07. The van der Waals surface area contributed by atoms with Crippen molar-refractivity contribution in [3.8, 4) is 0 Å². The number of carbonyl (C=O) groups is 1. The van der Waals surface area contributed by atoms with Crippen LogP contribution in [0.5, 0.6) is 0 Å². The van der Waals surface area contributed by atoms with Crippen LogP contribution in [0, 0.1) is 5.92 Å². The smallest absolute Gasteiger partial charge is 0.251 e. The summed E-state index contributed by atoms with van der Waals surface area (Å²) >= 11 is 3.52. The van der Waals surface area contributed by atoms with Crippen LogP contribution in [0.1, 0.15) is 46.8 Å². The molecule has 3 nitrogen and oxygen atoms in total. The van der Waals surface area contributed by atoms with E-state index >= 15 is 0 Å². The number of nitrogens with one attached hydrogen (secondary N) is 2. The highest BCUT2D eigenvalue weighted by atomic mass is 79.9. The number of hydrogen-bond donors (Lipinski definition) is 2. The molecule has 0 radical (unpaired) electrons. The molecule has 2 N–H and O–H groups in total. The Morgan fingerprint density at radius 3 is 2.80 bits per heavy atom. The van der Waals surface area contributed by atoms with Gasteiger partial charge in [-0.05, 0) is 60.7 Å². The van der Waals surface area contributed by atoms with Crippen molar-refractivity contribution in [2.45, 2.75) is 25.3 Å². The van der Waals surface area contributed by atoms with E-state index in [1.165, 1.54) is 11.1 Å². The van der Waals surface area contributed by atoms with Crippen molar-refractivity contribution in [3.63, 3.8) is 0 Å². The Morgan fingerprint density at radius 2 is 2.04 bits per heavy atom. The maximum atomic E-state index is 12.2. The number of rotatable bonds is 3. The number of halogens is 1. The minimum atomic E-state index is -0.00106. The lowest BCUT2D eigenvalue weighted by Gasteiger charge is -2.37. The van der Waals surface area contributed by atoms with Crippen molar-refractivity contribution in [1.29, 1.82) is 0 Å². The quantitative estimate of drug-likeness (QED) is 0.714. The average Bonchev–Trinajstić information content (AvgIpc) is 3.11. The SMILES string of the molecule is CCNC(=O)c1ccc2c(c1)[C@@H]1C=CC[C@H]1[C@@H](c1ccc(Br)cc1)N2. The highest BCUT2D eigenvalue weighted by Gasteiger charge is 2.38. The summed E-state index contributed by atoms with van der Waals surface area (Å²) < 4.78 is 1.10. The fourth-order valence-electron chi connectivity index (χ4n) is 4.00. The largest absolute Gasteiger partial charge is 0.378 e. The molecule has 0 saturated carbocycles. The lowest BCUT2D eigenvalue weighted by molar-refractivity contribution is 0.0955. The van der Waals surface area contributed by atoms with E-state index in [1.807, 2.05) is 19.1 Å². The van der Waals surface area contributed by atoms with Gasteiger partial charge in [-0.2, -0.15) is 0 Å². The van der Waals surface area contributed by atoms with Crippen LogP contribution in [0.2, 0.25) is 0 Å². The van der Waals surface area contributed by atoms with Crippen molar-refractivity contribution in [1.82, 2.24) is 5.32 Å². The van der Waals surface area contributed by atoms with Gasteiger partial charge in [-0.1, -0.05) is 40.2 Å². The van der Waals surface area contributed by atoms with Crippen LogP contribution < -0.4 is 10.6 Å². The molecule has 128 valence electrons. The zero-order valence-electron chi connectivity index (χ0n) is 14.1. The van der Waals surface area contributed by atoms with Crippen molar-refractivity contribution >= 4 is 27.5 Å². The highest BCUT2D eigenvalue weighted by Crippen LogP contribution is 2.49. The number of allylic oxidation sites excluding steroid dienone is 2. The topological polar surface area (TPSA) is 41.1 Å². The lowest BCUT2D eigenvalue weighted by atomic mass is 9.76. The zero-order chi connectivity index (χ0) is 17.4. The predicted octanol–water partition coefficient (Wildman–Crippen LogP) is 5.03. The van der Waals surface area contributed by atoms with Gasteiger partial charge in [0.1, 0.15) is 0 Å². The van der Waals surface area contributed by atoms with Gasteiger partial charge in [0.15, 0.2) is 0 Å². The highest BCUT2D eigenvalue weighted by molar-refractivity contribution is 9.10. The Balaban J connectivity index is 1.71. The number of amides is 1. The van der Waals surface area contributed by atoms with Gasteiger partial charge in [0.25, 0.3) is 5.91 Å². The molecular formula is C21H21BrN2O. The fraction of sp³-hybridized carbons (Fsp3) is 0.286. The first-order valence-corrected chi connectivity index (χ1v) is 9.57. The van der Waals surface area contributed by atoms with Gasteiger partial charge in [0.2, 0.25) is 0 Å². The second-order valence-corrected chi connectivity index (χ2v) is 7.60. The number of carbonyl (C=O) groups excluding carboxylic acids is 1. The molecule has 1 amide bonds. The van der Waals surface area contributed by atoms with Gasteiger partial charge in [0, 0.05) is 28.2 Å². The number of fused-ring (bicyclic) bond motifs is 3. The van der Waals surface area contributed by atoms with Crippen LogP contribution in [0.3, 0.4) is 0 Å². The summed E-state index contributed by atoms with van der Waals surface area (Å²) in [5.41, 5.74) is 4.41. The molecule has 4 heteroatoms. The Labute approximate surface area is 156 Å². The fourth-order valence-corrected chi connectivity index (χ4v) is 4.26. The number of hydrogen-bond acceptors (Lipinski definition) is 2.